The molecule has 0 fully saturated rings. The molecule has 0 spiro atoms. The molecule has 5 heteroatoms. The summed E-state index contributed by atoms with van der Waals surface area (Å²) in [6.07, 6.45) is 6.31. The van der Waals surface area contributed by atoms with Gasteiger partial charge in [-0.25, -0.2) is 9.78 Å². The first-order valence-corrected chi connectivity index (χ1v) is 3.68. The van der Waals surface area contributed by atoms with Gasteiger partial charge in [0.05, 0.1) is 19.5 Å². The normalized spacial score (nSPS) is 10.2. The van der Waals surface area contributed by atoms with Gasteiger partial charge in [0.25, 0.3) is 0 Å². The average Bonchev–Trinajstić information content (AvgIpc) is 2.63. The molecule has 2 aromatic rings. The molecule has 0 saturated heterocycles. The van der Waals surface area contributed by atoms with Crippen LogP contribution in [0.3, 0.4) is 0 Å². The number of ether oxygens (including phenoxy) is 1. The van der Waals surface area contributed by atoms with Crippen molar-refractivity contribution >= 4 is 11.6 Å². The molecule has 2 aromatic heterocycles. The maximum absolute atomic E-state index is 11.2. The van der Waals surface area contributed by atoms with Crippen LogP contribution in [0.5, 0.6) is 0 Å². The van der Waals surface area contributed by atoms with Crippen LogP contribution in [0.1, 0.15) is 10.5 Å². The first kappa shape index (κ1) is 7.72. The Balaban J connectivity index is 2.67. The molecule has 0 amide bonds. The number of esters is 1. The molecule has 0 N–H and O–H groups in total. The fourth-order valence-electron chi connectivity index (χ4n) is 1.11. The fourth-order valence-corrected chi connectivity index (χ4v) is 1.11. The lowest BCUT2D eigenvalue weighted by Crippen LogP contribution is -2.07. The van der Waals surface area contributed by atoms with E-state index in [1.54, 1.807) is 23.0 Å². The number of rotatable bonds is 1. The van der Waals surface area contributed by atoms with E-state index in [1.807, 2.05) is 0 Å². The molecule has 66 valence electrons. The van der Waals surface area contributed by atoms with Gasteiger partial charge in [-0.05, 0) is 0 Å². The van der Waals surface area contributed by atoms with Crippen molar-refractivity contribution < 1.29 is 9.53 Å². The predicted octanol–water partition coefficient (Wildman–Crippen LogP) is 0.516. The number of imidazole rings is 1. The van der Waals surface area contributed by atoms with E-state index >= 15 is 0 Å². The summed E-state index contributed by atoms with van der Waals surface area (Å²) in [5.74, 6) is -0.420. The van der Waals surface area contributed by atoms with E-state index in [9.17, 15) is 4.79 Å². The molecular weight excluding hydrogens is 170 g/mol. The summed E-state index contributed by atoms with van der Waals surface area (Å²) in [5, 5.41) is 0. The van der Waals surface area contributed by atoms with Gasteiger partial charge in [0.15, 0.2) is 11.3 Å². The van der Waals surface area contributed by atoms with Crippen LogP contribution in [0.15, 0.2) is 24.8 Å². The standard InChI is InChI=1S/C8H7N3O2/c1-13-8(12)6-4-9-5-7-10-2-3-11(6)7/h2-5H,1H3. The number of carbonyl (C=O) groups excluding carboxylic acids is 1. The molecule has 0 aliphatic heterocycles. The predicted molar refractivity (Wildman–Crippen MR) is 44.3 cm³/mol. The molecule has 0 atom stereocenters. The van der Waals surface area contributed by atoms with E-state index in [0.717, 1.165) is 0 Å². The third kappa shape index (κ3) is 1.14. The summed E-state index contributed by atoms with van der Waals surface area (Å²) < 4.78 is 6.21. The van der Waals surface area contributed by atoms with E-state index in [-0.39, 0.29) is 0 Å². The van der Waals surface area contributed by atoms with Gasteiger partial charge in [-0.3, -0.25) is 9.38 Å². The second-order valence-corrected chi connectivity index (χ2v) is 2.44. The lowest BCUT2D eigenvalue weighted by atomic mass is 10.4. The number of aromatic nitrogens is 3. The van der Waals surface area contributed by atoms with E-state index in [4.69, 9.17) is 0 Å². The Hall–Kier alpha value is -1.91. The van der Waals surface area contributed by atoms with E-state index in [1.165, 1.54) is 13.3 Å². The molecule has 0 saturated carbocycles. The third-order valence-electron chi connectivity index (χ3n) is 1.71. The summed E-state index contributed by atoms with van der Waals surface area (Å²) in [6.45, 7) is 0. The molecule has 2 rings (SSSR count). The van der Waals surface area contributed by atoms with E-state index in [0.29, 0.717) is 11.3 Å². The van der Waals surface area contributed by atoms with Gasteiger partial charge in [0.1, 0.15) is 0 Å². The zero-order valence-corrected chi connectivity index (χ0v) is 6.97. The number of hydrogen-bond donors (Lipinski definition) is 0. The lowest BCUT2D eigenvalue weighted by Gasteiger charge is -2.00. The number of hydrogen-bond acceptors (Lipinski definition) is 4. The minimum atomic E-state index is -0.420. The highest BCUT2D eigenvalue weighted by Gasteiger charge is 2.09. The first-order chi connectivity index (χ1) is 6.33. The second kappa shape index (κ2) is 2.85. The topological polar surface area (TPSA) is 56.5 Å². The van der Waals surface area contributed by atoms with E-state index < -0.39 is 5.97 Å². The average molecular weight is 177 g/mol. The Morgan fingerprint density at radius 2 is 2.38 bits per heavy atom. The lowest BCUT2D eigenvalue weighted by molar-refractivity contribution is 0.0592. The molecular formula is C8H7N3O2. The van der Waals surface area contributed by atoms with Crippen LogP contribution in [-0.2, 0) is 4.74 Å². The summed E-state index contributed by atoms with van der Waals surface area (Å²) in [5.41, 5.74) is 1.00. The van der Waals surface area contributed by atoms with Gasteiger partial charge >= 0.3 is 5.97 Å². The Kier molecular flexibility index (Phi) is 1.70. The number of carbonyl (C=O) groups is 1. The number of fused-ring (bicyclic) bond motifs is 1. The summed E-state index contributed by atoms with van der Waals surface area (Å²) in [4.78, 5) is 19.1. The molecule has 2 heterocycles. The van der Waals surface area contributed by atoms with E-state index in [2.05, 4.69) is 14.7 Å². The van der Waals surface area contributed by atoms with Gasteiger partial charge < -0.3 is 4.74 Å². The third-order valence-corrected chi connectivity index (χ3v) is 1.71. The van der Waals surface area contributed by atoms with Gasteiger partial charge in [0, 0.05) is 12.4 Å². The molecule has 13 heavy (non-hydrogen) atoms. The van der Waals surface area contributed by atoms with Crippen LogP contribution in [0, 0.1) is 0 Å². The summed E-state index contributed by atoms with van der Waals surface area (Å²) >= 11 is 0. The smallest absolute Gasteiger partial charge is 0.356 e. The molecule has 0 aliphatic rings. The quantitative estimate of drug-likeness (QED) is 0.596. The molecule has 0 radical (unpaired) electrons. The highest BCUT2D eigenvalue weighted by molar-refractivity contribution is 5.87. The largest absolute Gasteiger partial charge is 0.464 e. The number of nitrogens with zero attached hydrogens (tertiary/aromatic N) is 3. The van der Waals surface area contributed by atoms with Crippen molar-refractivity contribution in [2.45, 2.75) is 0 Å². The van der Waals surface area contributed by atoms with Crippen LogP contribution >= 0.6 is 0 Å². The van der Waals surface area contributed by atoms with Crippen molar-refractivity contribution in [2.75, 3.05) is 7.11 Å². The van der Waals surface area contributed by atoms with Crippen LogP contribution in [0.2, 0.25) is 0 Å². The Bertz CT molecular complexity index is 449. The minimum Gasteiger partial charge on any atom is -0.464 e. The van der Waals surface area contributed by atoms with Crippen LogP contribution in [-0.4, -0.2) is 27.4 Å². The van der Waals surface area contributed by atoms with Crippen LogP contribution in [0.4, 0.5) is 0 Å². The second-order valence-electron chi connectivity index (χ2n) is 2.44. The minimum absolute atomic E-state index is 0.373. The summed E-state index contributed by atoms with van der Waals surface area (Å²) in [6, 6.07) is 0. The van der Waals surface area contributed by atoms with Crippen molar-refractivity contribution in [3.8, 4) is 0 Å². The zero-order valence-electron chi connectivity index (χ0n) is 6.97. The maximum Gasteiger partial charge on any atom is 0.356 e. The summed E-state index contributed by atoms with van der Waals surface area (Å²) in [7, 11) is 1.33. The van der Waals surface area contributed by atoms with Crippen molar-refractivity contribution in [2.24, 2.45) is 0 Å². The van der Waals surface area contributed by atoms with Gasteiger partial charge in [0.2, 0.25) is 0 Å². The molecule has 0 bridgehead atoms. The van der Waals surface area contributed by atoms with Crippen LogP contribution in [0.25, 0.3) is 5.65 Å². The Morgan fingerprint density at radius 1 is 1.54 bits per heavy atom. The van der Waals surface area contributed by atoms with Gasteiger partial charge in [-0.1, -0.05) is 0 Å². The Morgan fingerprint density at radius 3 is 3.15 bits per heavy atom. The molecule has 0 aromatic carbocycles. The first-order valence-electron chi connectivity index (χ1n) is 3.68. The highest BCUT2D eigenvalue weighted by atomic mass is 16.5. The molecule has 0 unspecified atom stereocenters. The zero-order chi connectivity index (χ0) is 9.26. The van der Waals surface area contributed by atoms with Crippen molar-refractivity contribution in [3.05, 3.63) is 30.5 Å². The van der Waals surface area contributed by atoms with Crippen molar-refractivity contribution in [1.82, 2.24) is 14.4 Å². The fraction of sp³-hybridized carbons (Fsp3) is 0.125. The maximum atomic E-state index is 11.2. The Labute approximate surface area is 74.0 Å². The van der Waals surface area contributed by atoms with Gasteiger partial charge in [-0.2, -0.15) is 0 Å². The van der Waals surface area contributed by atoms with Crippen LogP contribution < -0.4 is 0 Å². The SMILES string of the molecule is COC(=O)c1cncc2nccn12. The molecule has 0 aliphatic carbocycles. The number of methoxy groups -OCH3 is 1. The van der Waals surface area contributed by atoms with Gasteiger partial charge in [-0.15, -0.1) is 0 Å². The van der Waals surface area contributed by atoms with Crippen molar-refractivity contribution in [1.29, 1.82) is 0 Å². The van der Waals surface area contributed by atoms with Crippen molar-refractivity contribution in [3.63, 3.8) is 0 Å². The molecule has 5 nitrogen and oxygen atoms in total. The monoisotopic (exact) mass is 177 g/mol. The highest BCUT2D eigenvalue weighted by Crippen LogP contribution is 2.04.